The van der Waals surface area contributed by atoms with Gasteiger partial charge in [-0.1, -0.05) is 38.1 Å². The lowest BCUT2D eigenvalue weighted by molar-refractivity contribution is -0.120. The van der Waals surface area contributed by atoms with E-state index in [1.165, 1.54) is 19.2 Å². The van der Waals surface area contributed by atoms with E-state index in [1.54, 1.807) is 37.4 Å². The highest BCUT2D eigenvalue weighted by Gasteiger charge is 2.30. The summed E-state index contributed by atoms with van der Waals surface area (Å²) in [5, 5.41) is 2.99. The Bertz CT molecular complexity index is 1350. The molecule has 0 saturated carbocycles. The number of carbonyl (C=O) groups is 1. The molecule has 3 aromatic rings. The second-order valence-electron chi connectivity index (χ2n) is 9.39. The second-order valence-corrected chi connectivity index (χ2v) is 11.3. The first-order chi connectivity index (χ1) is 17.5. The van der Waals surface area contributed by atoms with Crippen LogP contribution in [0.25, 0.3) is 0 Å². The van der Waals surface area contributed by atoms with E-state index >= 15 is 0 Å². The summed E-state index contributed by atoms with van der Waals surface area (Å²) in [4.78, 5) is 13.4. The Morgan fingerprint density at radius 3 is 2.14 bits per heavy atom. The topological polar surface area (TPSA) is 84.9 Å². The molecule has 8 heteroatoms. The molecule has 3 rings (SSSR count). The predicted molar refractivity (Wildman–Crippen MR) is 147 cm³/mol. The molecule has 0 radical (unpaired) electrons. The number of anilines is 1. The van der Waals surface area contributed by atoms with Crippen LogP contribution in [0.2, 0.25) is 0 Å². The Morgan fingerprint density at radius 1 is 0.892 bits per heavy atom. The minimum absolute atomic E-state index is 0.0898. The summed E-state index contributed by atoms with van der Waals surface area (Å²) in [7, 11) is -0.938. The summed E-state index contributed by atoms with van der Waals surface area (Å²) in [6.07, 6.45) is 0. The van der Waals surface area contributed by atoms with Crippen molar-refractivity contribution in [2.24, 2.45) is 0 Å². The first-order valence-electron chi connectivity index (χ1n) is 12.2. The lowest BCUT2D eigenvalue weighted by atomic mass is 9.93. The van der Waals surface area contributed by atoms with Crippen LogP contribution in [-0.2, 0) is 14.8 Å². The van der Waals surface area contributed by atoms with Crippen molar-refractivity contribution in [3.8, 4) is 11.5 Å². The molecule has 0 aliphatic carbocycles. The molecule has 0 spiro atoms. The second kappa shape index (κ2) is 11.7. The average Bonchev–Trinajstić information content (AvgIpc) is 2.87. The van der Waals surface area contributed by atoms with Crippen molar-refractivity contribution in [3.05, 3.63) is 82.9 Å². The first-order valence-corrected chi connectivity index (χ1v) is 13.6. The Balaban J connectivity index is 1.97. The molecule has 0 saturated heterocycles. The normalized spacial score (nSPS) is 12.2. The molecule has 0 bridgehead atoms. The molecular weight excluding hydrogens is 488 g/mol. The quantitative estimate of drug-likeness (QED) is 0.378. The number of carbonyl (C=O) groups excluding carboxylic acids is 1. The van der Waals surface area contributed by atoms with Gasteiger partial charge in [-0.2, -0.15) is 0 Å². The molecule has 0 aliphatic heterocycles. The fourth-order valence-electron chi connectivity index (χ4n) is 4.32. The summed E-state index contributed by atoms with van der Waals surface area (Å²) >= 11 is 0. The van der Waals surface area contributed by atoms with E-state index in [1.807, 2.05) is 39.0 Å². The van der Waals surface area contributed by atoms with Crippen LogP contribution in [0.4, 0.5) is 5.69 Å². The number of hydrogen-bond acceptors (Lipinski definition) is 5. The predicted octanol–water partition coefficient (Wildman–Crippen LogP) is 5.52. The summed E-state index contributed by atoms with van der Waals surface area (Å²) in [6, 6.07) is 17.0. The molecule has 1 amide bonds. The smallest absolute Gasteiger partial charge is 0.264 e. The van der Waals surface area contributed by atoms with Gasteiger partial charge in [-0.25, -0.2) is 8.42 Å². The Labute approximate surface area is 220 Å². The van der Waals surface area contributed by atoms with Gasteiger partial charge in [0.2, 0.25) is 5.91 Å². The number of ether oxygens (including phenoxy) is 2. The van der Waals surface area contributed by atoms with E-state index < -0.39 is 22.5 Å². The van der Waals surface area contributed by atoms with Crippen LogP contribution >= 0.6 is 0 Å². The Hall–Kier alpha value is -3.52. The zero-order chi connectivity index (χ0) is 27.3. The van der Waals surface area contributed by atoms with Gasteiger partial charge in [0, 0.05) is 0 Å². The van der Waals surface area contributed by atoms with E-state index in [2.05, 4.69) is 19.2 Å². The molecule has 1 N–H and O–H groups in total. The zero-order valence-corrected chi connectivity index (χ0v) is 23.3. The largest absolute Gasteiger partial charge is 0.496 e. The van der Waals surface area contributed by atoms with Crippen LogP contribution < -0.4 is 19.1 Å². The summed E-state index contributed by atoms with van der Waals surface area (Å²) in [5.74, 6) is 0.967. The third kappa shape index (κ3) is 6.25. The number of methoxy groups -OCH3 is 2. The van der Waals surface area contributed by atoms with Gasteiger partial charge in [-0.05, 0) is 85.3 Å². The van der Waals surface area contributed by atoms with Crippen LogP contribution in [0.5, 0.6) is 11.5 Å². The third-order valence-electron chi connectivity index (χ3n) is 6.31. The van der Waals surface area contributed by atoms with Crippen LogP contribution in [0.3, 0.4) is 0 Å². The molecule has 3 aromatic carbocycles. The maximum atomic E-state index is 13.7. The monoisotopic (exact) mass is 524 g/mol. The molecule has 0 heterocycles. The van der Waals surface area contributed by atoms with Crippen molar-refractivity contribution in [2.45, 2.75) is 51.5 Å². The molecule has 1 atom stereocenters. The number of sulfonamides is 1. The van der Waals surface area contributed by atoms with Gasteiger partial charge in [0.15, 0.2) is 0 Å². The first kappa shape index (κ1) is 28.1. The Kier molecular flexibility index (Phi) is 8.86. The van der Waals surface area contributed by atoms with Crippen molar-refractivity contribution in [1.82, 2.24) is 5.32 Å². The fraction of sp³-hybridized carbons (Fsp3) is 0.345. The van der Waals surface area contributed by atoms with Crippen molar-refractivity contribution in [1.29, 1.82) is 0 Å². The maximum absolute atomic E-state index is 13.7. The minimum atomic E-state index is -4.06. The molecule has 0 aromatic heterocycles. The van der Waals surface area contributed by atoms with Gasteiger partial charge in [-0.15, -0.1) is 0 Å². The van der Waals surface area contributed by atoms with Crippen LogP contribution in [0.1, 0.15) is 55.0 Å². The van der Waals surface area contributed by atoms with Gasteiger partial charge in [0.25, 0.3) is 10.0 Å². The molecular formula is C29H36N2O5S. The maximum Gasteiger partial charge on any atom is 0.264 e. The van der Waals surface area contributed by atoms with E-state index in [4.69, 9.17) is 9.47 Å². The summed E-state index contributed by atoms with van der Waals surface area (Å²) in [6.45, 7) is 9.48. The van der Waals surface area contributed by atoms with Gasteiger partial charge >= 0.3 is 0 Å². The van der Waals surface area contributed by atoms with E-state index in [0.29, 0.717) is 11.4 Å². The lowest BCUT2D eigenvalue weighted by Crippen LogP contribution is -2.42. The van der Waals surface area contributed by atoms with Gasteiger partial charge < -0.3 is 14.8 Å². The van der Waals surface area contributed by atoms with Crippen molar-refractivity contribution >= 4 is 21.6 Å². The molecule has 198 valence electrons. The standard InChI is InChI=1S/C29H36N2O5S/c1-19(2)24-17-25(21(4)16-28(24)36-7)22(5)30-29(32)18-31(26-15-20(3)13-14-27(26)35-6)37(33,34)23-11-9-8-10-12-23/h8-17,19,22H,18H2,1-7H3,(H,30,32)/t22-/m1/s1. The number of hydrogen-bond donors (Lipinski definition) is 1. The van der Waals surface area contributed by atoms with Crippen molar-refractivity contribution in [3.63, 3.8) is 0 Å². The SMILES string of the molecule is COc1cc(C)c([C@@H](C)NC(=O)CN(c2cc(C)ccc2OC)S(=O)(=O)c2ccccc2)cc1C(C)C. The fourth-order valence-corrected chi connectivity index (χ4v) is 5.76. The molecule has 0 unspecified atom stereocenters. The summed E-state index contributed by atoms with van der Waals surface area (Å²) in [5.41, 5.74) is 4.11. The Morgan fingerprint density at radius 2 is 1.54 bits per heavy atom. The number of nitrogens with one attached hydrogen (secondary N) is 1. The highest BCUT2D eigenvalue weighted by atomic mass is 32.2. The minimum Gasteiger partial charge on any atom is -0.496 e. The third-order valence-corrected chi connectivity index (χ3v) is 8.08. The van der Waals surface area contributed by atoms with Gasteiger partial charge in [0.1, 0.15) is 18.0 Å². The molecule has 37 heavy (non-hydrogen) atoms. The van der Waals surface area contributed by atoms with Crippen molar-refractivity contribution < 1.29 is 22.7 Å². The number of aryl methyl sites for hydroxylation is 2. The number of rotatable bonds is 10. The van der Waals surface area contributed by atoms with Crippen LogP contribution in [0.15, 0.2) is 65.6 Å². The van der Waals surface area contributed by atoms with Crippen molar-refractivity contribution in [2.75, 3.05) is 25.1 Å². The highest BCUT2D eigenvalue weighted by molar-refractivity contribution is 7.92. The number of nitrogens with zero attached hydrogens (tertiary/aromatic N) is 1. The zero-order valence-electron chi connectivity index (χ0n) is 22.5. The van der Waals surface area contributed by atoms with E-state index in [0.717, 1.165) is 32.3 Å². The molecule has 0 fully saturated rings. The van der Waals surface area contributed by atoms with Gasteiger partial charge in [0.05, 0.1) is 30.8 Å². The van der Waals surface area contributed by atoms with E-state index in [-0.39, 0.29) is 16.9 Å². The lowest BCUT2D eigenvalue weighted by Gasteiger charge is -2.27. The number of amides is 1. The molecule has 7 nitrogen and oxygen atoms in total. The summed E-state index contributed by atoms with van der Waals surface area (Å²) < 4.78 is 39.6. The van der Waals surface area contributed by atoms with E-state index in [9.17, 15) is 13.2 Å². The molecule has 0 aliphatic rings. The van der Waals surface area contributed by atoms with Crippen LogP contribution in [-0.4, -0.2) is 35.1 Å². The average molecular weight is 525 g/mol. The highest BCUT2D eigenvalue weighted by Crippen LogP contribution is 2.34. The number of benzene rings is 3. The van der Waals surface area contributed by atoms with Crippen LogP contribution in [0, 0.1) is 13.8 Å². The van der Waals surface area contributed by atoms with Gasteiger partial charge in [-0.3, -0.25) is 9.10 Å².